The van der Waals surface area contributed by atoms with Crippen LogP contribution in [-0.4, -0.2) is 36.5 Å². The number of cyclic esters (lactones) is 2. The highest BCUT2D eigenvalue weighted by molar-refractivity contribution is 5.92. The minimum absolute atomic E-state index is 0.287. The van der Waals surface area contributed by atoms with Crippen molar-refractivity contribution >= 4 is 12.1 Å². The van der Waals surface area contributed by atoms with Gasteiger partial charge < -0.3 is 24.1 Å². The Morgan fingerprint density at radius 3 is 2.23 bits per heavy atom. The molecule has 1 aliphatic rings. The molecule has 1 aliphatic heterocycles. The van der Waals surface area contributed by atoms with Crippen LogP contribution in [0.15, 0.2) is 72.8 Å². The van der Waals surface area contributed by atoms with Gasteiger partial charge >= 0.3 is 12.1 Å². The van der Waals surface area contributed by atoms with Crippen LogP contribution in [-0.2, 0) is 15.1 Å². The Labute approximate surface area is 255 Å². The van der Waals surface area contributed by atoms with Crippen molar-refractivity contribution < 1.29 is 33.6 Å². The highest BCUT2D eigenvalue weighted by Crippen LogP contribution is 2.42. The zero-order valence-electron chi connectivity index (χ0n) is 25.4. The van der Waals surface area contributed by atoms with Gasteiger partial charge in [0, 0.05) is 11.1 Å². The number of carbonyl (C=O) groups excluding carboxylic acids is 2. The zero-order valence-corrected chi connectivity index (χ0v) is 25.4. The maximum atomic E-state index is 13.3. The predicted molar refractivity (Wildman–Crippen MR) is 166 cm³/mol. The first-order chi connectivity index (χ1) is 21.0. The third-order valence-electron chi connectivity index (χ3n) is 7.92. The van der Waals surface area contributed by atoms with Crippen molar-refractivity contribution in [3.05, 3.63) is 83.9 Å². The molecular formula is C36H44O7. The van der Waals surface area contributed by atoms with E-state index in [2.05, 4.69) is 6.92 Å². The Bertz CT molecular complexity index is 1300. The van der Waals surface area contributed by atoms with Crippen molar-refractivity contribution in [2.75, 3.05) is 13.2 Å². The van der Waals surface area contributed by atoms with E-state index in [1.165, 1.54) is 38.5 Å². The molecule has 0 aliphatic carbocycles. The molecule has 1 N–H and O–H groups in total. The van der Waals surface area contributed by atoms with E-state index in [-0.39, 0.29) is 5.75 Å². The minimum Gasteiger partial charge on any atom is -0.494 e. The lowest BCUT2D eigenvalue weighted by Crippen LogP contribution is -2.40. The molecule has 0 aromatic heterocycles. The number of unbranched alkanes of at least 4 members (excludes halogenated alkanes) is 7. The molecule has 0 radical (unpaired) electrons. The van der Waals surface area contributed by atoms with Crippen LogP contribution in [0.25, 0.3) is 11.1 Å². The van der Waals surface area contributed by atoms with Crippen LogP contribution < -0.4 is 9.47 Å². The molecule has 1 heterocycles. The number of hydrogen-bond donors (Lipinski definition) is 1. The van der Waals surface area contributed by atoms with E-state index in [1.54, 1.807) is 36.4 Å². The molecule has 0 amide bonds. The predicted octanol–water partition coefficient (Wildman–Crippen LogP) is 8.62. The smallest absolute Gasteiger partial charge is 0.494 e. The Morgan fingerprint density at radius 1 is 0.860 bits per heavy atom. The van der Waals surface area contributed by atoms with Crippen molar-refractivity contribution in [3.63, 3.8) is 0 Å². The molecule has 0 unspecified atom stereocenters. The molecule has 0 saturated carbocycles. The largest absolute Gasteiger partial charge is 0.509 e. The van der Waals surface area contributed by atoms with Gasteiger partial charge in [0.2, 0.25) is 5.60 Å². The number of rotatable bonds is 17. The van der Waals surface area contributed by atoms with Crippen LogP contribution >= 0.6 is 0 Å². The van der Waals surface area contributed by atoms with Crippen LogP contribution in [0.1, 0.15) is 94.0 Å². The van der Waals surface area contributed by atoms with Crippen LogP contribution in [0.2, 0.25) is 0 Å². The molecule has 7 nitrogen and oxygen atoms in total. The second-order valence-corrected chi connectivity index (χ2v) is 11.1. The fraction of sp³-hybridized carbons (Fsp3) is 0.444. The van der Waals surface area contributed by atoms with Crippen LogP contribution in [0.4, 0.5) is 4.79 Å². The molecule has 230 valence electrons. The SMILES string of the molecule is CCCCCCCCCCOc1ccc(C(=O)Oc2cc([C@]3(CO)OC(=O)O[C@@H]3CCC)ccc2-c2ccccc2)cc1. The minimum atomic E-state index is -1.39. The summed E-state index contributed by atoms with van der Waals surface area (Å²) < 4.78 is 22.8. The highest BCUT2D eigenvalue weighted by Gasteiger charge is 2.52. The van der Waals surface area contributed by atoms with Crippen LogP contribution in [0, 0.1) is 0 Å². The molecular weight excluding hydrogens is 544 g/mol. The van der Waals surface area contributed by atoms with Gasteiger partial charge in [0.25, 0.3) is 0 Å². The molecule has 2 atom stereocenters. The third-order valence-corrected chi connectivity index (χ3v) is 7.92. The first-order valence-corrected chi connectivity index (χ1v) is 15.7. The summed E-state index contributed by atoms with van der Waals surface area (Å²) in [6.45, 7) is 4.37. The van der Waals surface area contributed by atoms with Gasteiger partial charge in [-0.05, 0) is 48.7 Å². The van der Waals surface area contributed by atoms with Crippen molar-refractivity contribution in [3.8, 4) is 22.6 Å². The standard InChI is InChI=1S/C36H44O7/c1-3-5-6-7-8-9-10-14-24-40-30-21-18-28(19-22-30)34(38)41-32-25-29(20-23-31(32)27-16-12-11-13-17-27)36(26-37)33(15-4-2)42-35(39)43-36/h11-13,16-23,25,33,37H,3-10,14-15,24,26H2,1-2H3/t33-,36+/m1/s1. The van der Waals surface area contributed by atoms with E-state index in [9.17, 15) is 14.7 Å². The van der Waals surface area contributed by atoms with Gasteiger partial charge in [-0.2, -0.15) is 0 Å². The Balaban J connectivity index is 1.45. The second-order valence-electron chi connectivity index (χ2n) is 11.1. The van der Waals surface area contributed by atoms with Crippen LogP contribution in [0.3, 0.4) is 0 Å². The maximum Gasteiger partial charge on any atom is 0.509 e. The van der Waals surface area contributed by atoms with Gasteiger partial charge in [-0.15, -0.1) is 0 Å². The van der Waals surface area contributed by atoms with E-state index >= 15 is 0 Å². The van der Waals surface area contributed by atoms with Crippen molar-refractivity contribution in [2.45, 2.75) is 89.8 Å². The molecule has 0 bridgehead atoms. The summed E-state index contributed by atoms with van der Waals surface area (Å²) in [6.07, 6.45) is 9.65. The summed E-state index contributed by atoms with van der Waals surface area (Å²) in [5.74, 6) is 0.461. The Kier molecular flexibility index (Phi) is 12.0. The van der Waals surface area contributed by atoms with Crippen LogP contribution in [0.5, 0.6) is 11.5 Å². The first-order valence-electron chi connectivity index (χ1n) is 15.7. The van der Waals surface area contributed by atoms with Crippen molar-refractivity contribution in [1.29, 1.82) is 0 Å². The van der Waals surface area contributed by atoms with E-state index < -0.39 is 30.4 Å². The van der Waals surface area contributed by atoms with E-state index in [1.807, 2.05) is 43.3 Å². The summed E-state index contributed by atoms with van der Waals surface area (Å²) in [5.41, 5.74) is 1.02. The molecule has 3 aromatic rings. The van der Waals surface area contributed by atoms with E-state index in [4.69, 9.17) is 18.9 Å². The fourth-order valence-electron chi connectivity index (χ4n) is 5.47. The topological polar surface area (TPSA) is 91.3 Å². The lowest BCUT2D eigenvalue weighted by molar-refractivity contribution is -0.0288. The number of hydrogen-bond acceptors (Lipinski definition) is 7. The number of benzene rings is 3. The van der Waals surface area contributed by atoms with Crippen molar-refractivity contribution in [1.82, 2.24) is 0 Å². The lowest BCUT2D eigenvalue weighted by atomic mass is 9.85. The molecule has 1 fully saturated rings. The summed E-state index contributed by atoms with van der Waals surface area (Å²) in [5, 5.41) is 10.4. The number of aliphatic hydroxyl groups is 1. The molecule has 4 rings (SSSR count). The zero-order chi connectivity index (χ0) is 30.5. The fourth-order valence-corrected chi connectivity index (χ4v) is 5.47. The maximum absolute atomic E-state index is 13.3. The monoisotopic (exact) mass is 588 g/mol. The summed E-state index contributed by atoms with van der Waals surface area (Å²) in [6, 6.07) is 21.7. The van der Waals surface area contributed by atoms with Gasteiger partial charge in [-0.25, -0.2) is 9.59 Å². The second kappa shape index (κ2) is 16.1. The van der Waals surface area contributed by atoms with Gasteiger partial charge in [0.15, 0.2) is 6.10 Å². The highest BCUT2D eigenvalue weighted by atomic mass is 16.8. The summed E-state index contributed by atoms with van der Waals surface area (Å²) in [7, 11) is 0. The van der Waals surface area contributed by atoms with E-state index in [0.29, 0.717) is 35.5 Å². The Hall–Kier alpha value is -3.84. The van der Waals surface area contributed by atoms with Gasteiger partial charge in [0.1, 0.15) is 11.5 Å². The molecule has 3 aromatic carbocycles. The molecule has 0 spiro atoms. The first kappa shape index (κ1) is 32.1. The van der Waals surface area contributed by atoms with Gasteiger partial charge in [0.05, 0.1) is 18.8 Å². The quantitative estimate of drug-likeness (QED) is 0.0959. The Morgan fingerprint density at radius 2 is 1.56 bits per heavy atom. The van der Waals surface area contributed by atoms with E-state index in [0.717, 1.165) is 24.8 Å². The van der Waals surface area contributed by atoms with Gasteiger partial charge in [-0.1, -0.05) is 108 Å². The molecule has 1 saturated heterocycles. The number of aliphatic hydroxyl groups excluding tert-OH is 1. The van der Waals surface area contributed by atoms with Crippen molar-refractivity contribution in [2.24, 2.45) is 0 Å². The average molecular weight is 589 g/mol. The third kappa shape index (κ3) is 8.38. The van der Waals surface area contributed by atoms with Gasteiger partial charge in [-0.3, -0.25) is 0 Å². The average Bonchev–Trinajstić information content (AvgIpc) is 3.36. The summed E-state index contributed by atoms with van der Waals surface area (Å²) in [4.78, 5) is 25.5. The number of ether oxygens (including phenoxy) is 4. The number of carbonyl (C=O) groups is 2. The molecule has 43 heavy (non-hydrogen) atoms. The number of esters is 1. The normalized spacial score (nSPS) is 17.7. The summed E-state index contributed by atoms with van der Waals surface area (Å²) >= 11 is 0. The lowest BCUT2D eigenvalue weighted by Gasteiger charge is -2.30. The molecule has 7 heteroatoms.